The number of methoxy groups -OCH3 is 5. The molecule has 2 fully saturated rings. The quantitative estimate of drug-likeness (QED) is 0.0195. The fourth-order valence-corrected chi connectivity index (χ4v) is 16.1. The molecule has 0 atom stereocenters. The number of amides is 5. The summed E-state index contributed by atoms with van der Waals surface area (Å²) in [4.78, 5) is 64.3. The van der Waals surface area contributed by atoms with Crippen LogP contribution in [0, 0.1) is 64.1 Å². The molecule has 0 unspecified atom stereocenters. The van der Waals surface area contributed by atoms with Crippen LogP contribution in [0.5, 0.6) is 28.7 Å². The highest BCUT2D eigenvalue weighted by atomic mass is 32.1. The zero-order chi connectivity index (χ0) is 103. The molecule has 0 aliphatic heterocycles. The lowest BCUT2D eigenvalue weighted by Gasteiger charge is -2.11. The van der Waals surface area contributed by atoms with Gasteiger partial charge in [-0.3, -0.25) is 49.5 Å². The molecule has 2 aliphatic carbocycles. The van der Waals surface area contributed by atoms with Crippen molar-refractivity contribution in [3.05, 3.63) is 376 Å². The van der Waals surface area contributed by atoms with Crippen molar-refractivity contribution < 1.29 is 96.0 Å². The highest BCUT2D eigenvalue weighted by Gasteiger charge is 2.30. The molecule has 0 saturated heterocycles. The van der Waals surface area contributed by atoms with Gasteiger partial charge in [0.15, 0.2) is 58.2 Å². The van der Waals surface area contributed by atoms with Gasteiger partial charge in [0.2, 0.25) is 0 Å². The summed E-state index contributed by atoms with van der Waals surface area (Å²) < 4.78 is 165. The molecule has 18 aromatic rings. The number of aromatic amines is 5. The van der Waals surface area contributed by atoms with Crippen LogP contribution >= 0.6 is 11.3 Å². The first-order chi connectivity index (χ1) is 70.8. The number of thiophene rings is 1. The zero-order valence-corrected chi connectivity index (χ0v) is 79.1. The fourth-order valence-electron chi connectivity index (χ4n) is 15.4. The molecule has 0 spiro atoms. The molecule has 7 aromatic heterocycles. The number of ether oxygens (including phenoxy) is 5. The Kier molecular flexibility index (Phi) is 32.3. The SMILES string of the molecule is COc1c(C(=O)NC2CC2)ccc2n[nH]c(/C=C/c3ccc(F)c(F)c3)c12.COc1c(C(=O)NCC2CC2)ccc2n[nH]c(/C=C/c3ccc(F)c(F)c3)c12.COc1c(C(=O)NCc2ccccc2)ccc2n[nH]c(/C=C/c3ccc(F)c(F)c3)c12.COc1c(C(=O)NCc2ccco2)ccc2n[nH]c(/C=C/c3ccc(F)c(F)c3)c12.COc1c(C(=O)NCc2cccs2)ccc2n[nH]c(/C=C/c3ccc(F)c(F)c3)c12. The number of furan rings is 1. The molecule has 11 aromatic carbocycles. The third-order valence-electron chi connectivity index (χ3n) is 23.1. The zero-order valence-electron chi connectivity index (χ0n) is 78.3. The van der Waals surface area contributed by atoms with Crippen LogP contribution in [-0.4, -0.2) is 129 Å². The third-order valence-corrected chi connectivity index (χ3v) is 24.0. The van der Waals surface area contributed by atoms with Gasteiger partial charge in [0.1, 0.15) is 34.5 Å². The second-order valence-electron chi connectivity index (χ2n) is 33.0. The number of nitrogens with one attached hydrogen (secondary N) is 10. The van der Waals surface area contributed by atoms with E-state index in [0.717, 1.165) is 96.8 Å². The summed E-state index contributed by atoms with van der Waals surface area (Å²) in [6.07, 6.45) is 22.3. The molecule has 37 heteroatoms. The van der Waals surface area contributed by atoms with Crippen molar-refractivity contribution in [1.82, 2.24) is 77.6 Å². The van der Waals surface area contributed by atoms with Crippen LogP contribution in [0.3, 0.4) is 0 Å². The van der Waals surface area contributed by atoms with Gasteiger partial charge < -0.3 is 54.7 Å². The first kappa shape index (κ1) is 101. The van der Waals surface area contributed by atoms with Gasteiger partial charge in [-0.15, -0.1) is 11.3 Å². The normalized spacial score (nSPS) is 12.3. The highest BCUT2D eigenvalue weighted by molar-refractivity contribution is 7.09. The summed E-state index contributed by atoms with van der Waals surface area (Å²) in [6, 6.07) is 52.3. The Labute approximate surface area is 829 Å². The molecular formula is C109H89F10N15O11S. The second kappa shape index (κ2) is 46.7. The maximum atomic E-state index is 13.5. The Morgan fingerprint density at radius 3 is 0.918 bits per heavy atom. The monoisotopic (exact) mass is 2010 g/mol. The first-order valence-corrected chi connectivity index (χ1v) is 46.1. The first-order valence-electron chi connectivity index (χ1n) is 45.3. The number of rotatable bonds is 29. The van der Waals surface area contributed by atoms with Gasteiger partial charge >= 0.3 is 0 Å². The van der Waals surface area contributed by atoms with Gasteiger partial charge in [-0.05, 0) is 240 Å². The minimum absolute atomic E-state index is 0.187. The molecule has 5 amide bonds. The number of H-pyrrole nitrogens is 5. The van der Waals surface area contributed by atoms with E-state index in [9.17, 15) is 67.9 Å². The van der Waals surface area contributed by atoms with E-state index in [1.807, 2.05) is 47.8 Å². The van der Waals surface area contributed by atoms with Gasteiger partial charge in [-0.1, -0.05) is 97.1 Å². The molecule has 26 nitrogen and oxygen atoms in total. The van der Waals surface area contributed by atoms with Crippen LogP contribution in [0.1, 0.15) is 150 Å². The second-order valence-corrected chi connectivity index (χ2v) is 34.0. The van der Waals surface area contributed by atoms with Crippen LogP contribution in [0.2, 0.25) is 0 Å². The van der Waals surface area contributed by atoms with E-state index in [-0.39, 0.29) is 42.1 Å². The van der Waals surface area contributed by atoms with Gasteiger partial charge in [0.05, 0.1) is 166 Å². The Morgan fingerprint density at radius 1 is 0.329 bits per heavy atom. The molecule has 0 radical (unpaired) electrons. The molecule has 146 heavy (non-hydrogen) atoms. The van der Waals surface area contributed by atoms with Gasteiger partial charge in [0.25, 0.3) is 29.5 Å². The highest BCUT2D eigenvalue weighted by Crippen LogP contribution is 2.40. The maximum absolute atomic E-state index is 13.5. The summed E-state index contributed by atoms with van der Waals surface area (Å²) in [6.45, 7) is 1.71. The van der Waals surface area contributed by atoms with Crippen molar-refractivity contribution >= 4 is 156 Å². The third kappa shape index (κ3) is 24.5. The number of nitrogens with zero attached hydrogens (tertiary/aromatic N) is 5. The van der Waals surface area contributed by atoms with E-state index in [1.165, 1.54) is 72.1 Å². The molecular weight excluding hydrogens is 1920 g/mol. The molecule has 7 heterocycles. The lowest BCUT2D eigenvalue weighted by atomic mass is 10.1. The van der Waals surface area contributed by atoms with Crippen LogP contribution in [0.4, 0.5) is 43.9 Å². The van der Waals surface area contributed by atoms with E-state index in [1.54, 1.807) is 145 Å². The van der Waals surface area contributed by atoms with Crippen molar-refractivity contribution in [3.8, 4) is 28.7 Å². The van der Waals surface area contributed by atoms with Gasteiger partial charge in [0, 0.05) is 24.0 Å². The summed E-state index contributed by atoms with van der Waals surface area (Å²) in [5, 5.41) is 55.1. The van der Waals surface area contributed by atoms with Crippen molar-refractivity contribution in [1.29, 1.82) is 0 Å². The predicted molar refractivity (Wildman–Crippen MR) is 538 cm³/mol. The molecule has 0 bridgehead atoms. The number of halogens is 10. The number of hydrogen-bond donors (Lipinski definition) is 10. The Balaban J connectivity index is 0.000000131. The summed E-state index contributed by atoms with van der Waals surface area (Å²) in [5.41, 5.74) is 11.4. The minimum Gasteiger partial charge on any atom is -0.495 e. The number of carbonyl (C=O) groups is 5. The summed E-state index contributed by atoms with van der Waals surface area (Å²) >= 11 is 1.56. The average Bonchev–Trinajstić information content (AvgIpc) is 1.64. The van der Waals surface area contributed by atoms with Crippen molar-refractivity contribution in [2.45, 2.75) is 51.4 Å². The largest absolute Gasteiger partial charge is 0.495 e. The van der Waals surface area contributed by atoms with Crippen molar-refractivity contribution in [2.75, 3.05) is 42.1 Å². The molecule has 10 N–H and O–H groups in total. The van der Waals surface area contributed by atoms with Crippen LogP contribution in [0.15, 0.2) is 222 Å². The summed E-state index contributed by atoms with van der Waals surface area (Å²) in [5.74, 6) is -7.22. The lowest BCUT2D eigenvalue weighted by molar-refractivity contribution is 0.0937. The number of benzene rings is 11. The van der Waals surface area contributed by atoms with E-state index >= 15 is 0 Å². The smallest absolute Gasteiger partial charge is 0.255 e. The molecule has 2 aliphatic rings. The Bertz CT molecular complexity index is 7820. The van der Waals surface area contributed by atoms with E-state index in [4.69, 9.17) is 28.1 Å². The van der Waals surface area contributed by atoms with Crippen molar-refractivity contribution in [2.24, 2.45) is 5.92 Å². The van der Waals surface area contributed by atoms with Crippen LogP contribution in [0.25, 0.3) is 115 Å². The number of aromatic nitrogens is 10. The number of fused-ring (bicyclic) bond motifs is 5. The van der Waals surface area contributed by atoms with E-state index in [0.29, 0.717) is 199 Å². The van der Waals surface area contributed by atoms with Crippen molar-refractivity contribution in [3.63, 3.8) is 0 Å². The predicted octanol–water partition coefficient (Wildman–Crippen LogP) is 22.6. The van der Waals surface area contributed by atoms with E-state index < -0.39 is 58.2 Å². The lowest BCUT2D eigenvalue weighted by Crippen LogP contribution is -2.26. The van der Waals surface area contributed by atoms with E-state index in [2.05, 4.69) is 77.6 Å². The molecule has 742 valence electrons. The molecule has 20 rings (SSSR count). The summed E-state index contributed by atoms with van der Waals surface area (Å²) in [7, 11) is 7.44. The number of hydrogen-bond acceptors (Lipinski definition) is 17. The Hall–Kier alpha value is -17.9. The van der Waals surface area contributed by atoms with Crippen LogP contribution < -0.4 is 50.3 Å². The van der Waals surface area contributed by atoms with Gasteiger partial charge in [-0.25, -0.2) is 43.9 Å². The average molecular weight is 2010 g/mol. The Morgan fingerprint density at radius 2 is 0.637 bits per heavy atom. The van der Waals surface area contributed by atoms with Crippen LogP contribution in [-0.2, 0) is 19.6 Å². The van der Waals surface area contributed by atoms with Gasteiger partial charge in [-0.2, -0.15) is 25.5 Å². The topological polar surface area (TPSA) is 348 Å². The maximum Gasteiger partial charge on any atom is 0.255 e. The standard InChI is InChI=1S/C24H19F2N3O2.C22H17F2N3O3.C22H17F2N3O2S.C21H19F2N3O2.C20H17F2N3O2/c1-31-23-17(24(30)27-14-16-5-3-2-4-6-16)9-12-21-22(23)20(28-29-21)11-8-15-7-10-18(25)19(26)13-15;2*1-29-21-15(22(28)25-12-14-3-2-10-30-14)6-9-19-20(21)18(26-27-19)8-5-13-4-7-16(23)17(24)11-13;1-28-20-14(21(27)24-11-13-2-3-13)6-9-18-19(20)17(25-26-18)8-5-12-4-7-15(22)16(23)10-12;1-27-19-13(20(26)23-12-4-5-12)6-9-17-18(19)16(24-25-17)8-3-11-2-7-14(21)15(22)10-11/h2-13H,14H2,1H3,(H,27,30)(H,28,29);2*2-11H,12H2,1H3,(H,25,28)(H,26,27);4-10,13H,2-3,11H2,1H3,(H,24,27)(H,25,26);2-3,6-10,12H,4-5H2,1H3,(H,23,26)(H,24,25)/b11-8+;3*8-5+;8-3+. The molecule has 2 saturated carbocycles. The minimum atomic E-state index is -0.931. The fraction of sp³-hybridized carbons (Fsp3) is 0.138. The number of carbonyl (C=O) groups excluding carboxylic acids is 5.